The van der Waals surface area contributed by atoms with Crippen LogP contribution in [0.4, 0.5) is 0 Å². The molecule has 4 aromatic rings. The third-order valence-corrected chi connectivity index (χ3v) is 8.58. The Labute approximate surface area is 224 Å². The third-order valence-electron chi connectivity index (χ3n) is 5.97. The first kappa shape index (κ1) is 24.7. The summed E-state index contributed by atoms with van der Waals surface area (Å²) in [6, 6.07) is 12.7. The van der Waals surface area contributed by atoms with Gasteiger partial charge in [0, 0.05) is 14.9 Å². The molecule has 1 aliphatic carbocycles. The number of carbonyl (C=O) groups excluding carboxylic acids is 1. The topological polar surface area (TPSA) is 96.6 Å². The molecule has 1 aliphatic rings. The molecule has 0 aliphatic heterocycles. The number of phenols is 1. The van der Waals surface area contributed by atoms with Crippen molar-refractivity contribution in [3.8, 4) is 11.4 Å². The highest BCUT2D eigenvalue weighted by Gasteiger charge is 2.23. The maximum Gasteiger partial charge on any atom is 0.267 e. The van der Waals surface area contributed by atoms with Crippen LogP contribution in [-0.4, -0.2) is 32.5 Å². The number of hydrazone groups is 1. The van der Waals surface area contributed by atoms with Crippen LogP contribution in [0.2, 0.25) is 0 Å². The van der Waals surface area contributed by atoms with Crippen molar-refractivity contribution < 1.29 is 9.90 Å². The lowest BCUT2D eigenvalue weighted by Gasteiger charge is -2.13. The molecule has 0 unspecified atom stereocenters. The molecule has 1 amide bonds. The molecule has 2 aromatic heterocycles. The average Bonchev–Trinajstić information content (AvgIpc) is 3.24. The van der Waals surface area contributed by atoms with Crippen LogP contribution in [0.5, 0.6) is 5.75 Å². The van der Waals surface area contributed by atoms with Crippen molar-refractivity contribution in [1.82, 2.24) is 15.0 Å². The Kier molecular flexibility index (Phi) is 7.27. The molecule has 7 nitrogen and oxygen atoms in total. The highest BCUT2D eigenvalue weighted by Crippen LogP contribution is 2.35. The predicted octanol–water partition coefficient (Wildman–Crippen LogP) is 5.34. The minimum absolute atomic E-state index is 0.0245. The first-order valence-electron chi connectivity index (χ1n) is 11.5. The van der Waals surface area contributed by atoms with Crippen molar-refractivity contribution >= 4 is 61.4 Å². The van der Waals surface area contributed by atoms with E-state index in [0.717, 1.165) is 51.8 Å². The van der Waals surface area contributed by atoms with E-state index in [1.807, 2.05) is 31.2 Å². The summed E-state index contributed by atoms with van der Waals surface area (Å²) in [5.41, 5.74) is 5.82. The molecule has 0 bridgehead atoms. The lowest BCUT2D eigenvalue weighted by molar-refractivity contribution is -0.118. The molecule has 5 rings (SSSR count). The number of halogens is 1. The van der Waals surface area contributed by atoms with E-state index in [2.05, 4.69) is 26.5 Å². The molecule has 0 fully saturated rings. The van der Waals surface area contributed by atoms with Gasteiger partial charge < -0.3 is 5.11 Å². The zero-order valence-corrected chi connectivity index (χ0v) is 22.7. The number of phenolic OH excluding ortho intramolecular Hbond substituents is 1. The number of thioether (sulfide) groups is 1. The van der Waals surface area contributed by atoms with E-state index in [4.69, 9.17) is 4.98 Å². The van der Waals surface area contributed by atoms with E-state index in [1.165, 1.54) is 28.9 Å². The van der Waals surface area contributed by atoms with Gasteiger partial charge in [0.05, 0.1) is 23.0 Å². The van der Waals surface area contributed by atoms with E-state index >= 15 is 0 Å². The molecule has 0 radical (unpaired) electrons. The summed E-state index contributed by atoms with van der Waals surface area (Å²) in [6.45, 7) is 2.00. The van der Waals surface area contributed by atoms with Gasteiger partial charge >= 0.3 is 0 Å². The highest BCUT2D eigenvalue weighted by molar-refractivity contribution is 9.10. The second kappa shape index (κ2) is 10.6. The summed E-state index contributed by atoms with van der Waals surface area (Å²) in [6.07, 6.45) is 5.48. The predicted molar refractivity (Wildman–Crippen MR) is 149 cm³/mol. The first-order valence-corrected chi connectivity index (χ1v) is 14.1. The molecular weight excluding hydrogens is 560 g/mol. The van der Waals surface area contributed by atoms with Crippen LogP contribution >= 0.6 is 39.0 Å². The van der Waals surface area contributed by atoms with Gasteiger partial charge in [0.15, 0.2) is 5.16 Å². The Bertz CT molecular complexity index is 1540. The van der Waals surface area contributed by atoms with E-state index in [0.29, 0.717) is 16.1 Å². The number of aromatic hydroxyl groups is 1. The fourth-order valence-corrected chi connectivity index (χ4v) is 6.66. The van der Waals surface area contributed by atoms with Crippen molar-refractivity contribution in [2.75, 3.05) is 5.75 Å². The summed E-state index contributed by atoms with van der Waals surface area (Å²) in [5, 5.41) is 15.0. The quantitative estimate of drug-likeness (QED) is 0.138. The second-order valence-corrected chi connectivity index (χ2v) is 11.5. The van der Waals surface area contributed by atoms with Crippen LogP contribution < -0.4 is 11.0 Å². The minimum atomic E-state index is -0.346. The number of rotatable bonds is 6. The Morgan fingerprint density at radius 1 is 1.25 bits per heavy atom. The van der Waals surface area contributed by atoms with E-state index in [-0.39, 0.29) is 23.0 Å². The number of benzene rings is 2. The third kappa shape index (κ3) is 5.11. The van der Waals surface area contributed by atoms with Gasteiger partial charge in [-0.3, -0.25) is 14.2 Å². The summed E-state index contributed by atoms with van der Waals surface area (Å²) < 4.78 is 2.40. The molecule has 10 heteroatoms. The van der Waals surface area contributed by atoms with E-state index in [1.54, 1.807) is 28.0 Å². The minimum Gasteiger partial charge on any atom is -0.507 e. The standard InChI is InChI=1S/C26H23BrN4O3S2/c1-15-6-9-18(10-7-15)31-25(34)23-19-4-2-3-5-21(19)36-24(23)29-26(31)35-14-22(33)30-28-13-16-12-17(27)8-11-20(16)32/h6-13,32H,2-5,14H2,1H3,(H,30,33)/b28-13-. The molecule has 2 heterocycles. The van der Waals surface area contributed by atoms with Gasteiger partial charge in [0.25, 0.3) is 11.5 Å². The van der Waals surface area contributed by atoms with Gasteiger partial charge in [-0.15, -0.1) is 11.3 Å². The summed E-state index contributed by atoms with van der Waals surface area (Å²) in [5.74, 6) is -0.263. The SMILES string of the molecule is Cc1ccc(-n2c(SCC(=O)N/N=C\c3cc(Br)ccc3O)nc3sc4c(c3c2=O)CCCC4)cc1. The number of hydrogen-bond donors (Lipinski definition) is 2. The van der Waals surface area contributed by atoms with Gasteiger partial charge in [0.1, 0.15) is 10.6 Å². The number of aryl methyl sites for hydroxylation is 3. The monoisotopic (exact) mass is 582 g/mol. The van der Waals surface area contributed by atoms with Crippen molar-refractivity contribution in [2.45, 2.75) is 37.8 Å². The fourth-order valence-electron chi connectivity index (χ4n) is 4.17. The van der Waals surface area contributed by atoms with Crippen LogP contribution in [0.3, 0.4) is 0 Å². The molecular formula is C26H23BrN4O3S2. The molecule has 0 atom stereocenters. The van der Waals surface area contributed by atoms with Crippen LogP contribution in [0.1, 0.15) is 34.4 Å². The number of nitrogens with one attached hydrogen (secondary N) is 1. The summed E-state index contributed by atoms with van der Waals surface area (Å²) >= 11 is 6.13. The fraction of sp³-hybridized carbons (Fsp3) is 0.231. The van der Waals surface area contributed by atoms with Crippen molar-refractivity contribution in [3.63, 3.8) is 0 Å². The number of aromatic nitrogens is 2. The van der Waals surface area contributed by atoms with Crippen LogP contribution in [0.25, 0.3) is 15.9 Å². The molecule has 0 saturated carbocycles. The smallest absolute Gasteiger partial charge is 0.267 e. The maximum absolute atomic E-state index is 13.8. The van der Waals surface area contributed by atoms with Gasteiger partial charge in [-0.25, -0.2) is 10.4 Å². The first-order chi connectivity index (χ1) is 17.4. The molecule has 184 valence electrons. The second-order valence-electron chi connectivity index (χ2n) is 8.55. The molecule has 2 N–H and O–H groups in total. The number of hydrogen-bond acceptors (Lipinski definition) is 7. The van der Waals surface area contributed by atoms with Gasteiger partial charge in [0.2, 0.25) is 0 Å². The van der Waals surface area contributed by atoms with Crippen molar-refractivity contribution in [3.05, 3.63) is 78.9 Å². The van der Waals surface area contributed by atoms with Gasteiger partial charge in [-0.05, 0) is 68.5 Å². The average molecular weight is 584 g/mol. The van der Waals surface area contributed by atoms with Crippen molar-refractivity contribution in [2.24, 2.45) is 5.10 Å². The Morgan fingerprint density at radius 3 is 2.83 bits per heavy atom. The van der Waals surface area contributed by atoms with Crippen molar-refractivity contribution in [1.29, 1.82) is 0 Å². The normalized spacial score (nSPS) is 13.3. The van der Waals surface area contributed by atoms with E-state index in [9.17, 15) is 14.7 Å². The number of fused-ring (bicyclic) bond motifs is 3. The number of carbonyl (C=O) groups is 1. The van der Waals surface area contributed by atoms with Crippen LogP contribution in [-0.2, 0) is 17.6 Å². The Morgan fingerprint density at radius 2 is 2.03 bits per heavy atom. The van der Waals surface area contributed by atoms with Crippen LogP contribution in [0, 0.1) is 6.92 Å². The number of nitrogens with zero attached hydrogens (tertiary/aromatic N) is 3. The van der Waals surface area contributed by atoms with Crippen LogP contribution in [0.15, 0.2) is 62.0 Å². The summed E-state index contributed by atoms with van der Waals surface area (Å²) in [7, 11) is 0. The van der Waals surface area contributed by atoms with Gasteiger partial charge in [-0.1, -0.05) is 45.4 Å². The number of thiophene rings is 1. The molecule has 0 spiro atoms. The number of amides is 1. The lowest BCUT2D eigenvalue weighted by atomic mass is 9.97. The molecule has 0 saturated heterocycles. The highest BCUT2D eigenvalue weighted by atomic mass is 79.9. The Balaban J connectivity index is 1.43. The molecule has 2 aromatic carbocycles. The largest absolute Gasteiger partial charge is 0.507 e. The van der Waals surface area contributed by atoms with Gasteiger partial charge in [-0.2, -0.15) is 5.10 Å². The summed E-state index contributed by atoms with van der Waals surface area (Å²) in [4.78, 5) is 33.1. The lowest BCUT2D eigenvalue weighted by Crippen LogP contribution is -2.24. The zero-order valence-electron chi connectivity index (χ0n) is 19.5. The van der Waals surface area contributed by atoms with E-state index < -0.39 is 0 Å². The molecule has 36 heavy (non-hydrogen) atoms. The zero-order chi connectivity index (χ0) is 25.2. The Hall–Kier alpha value is -2.95. The maximum atomic E-state index is 13.8.